The number of nitrogens with zero attached hydrogens (tertiary/aromatic N) is 1. The molecule has 7 heteroatoms. The van der Waals surface area contributed by atoms with Crippen molar-refractivity contribution in [3.8, 4) is 0 Å². The highest BCUT2D eigenvalue weighted by atomic mass is 19.1. The molecule has 0 aliphatic heterocycles. The van der Waals surface area contributed by atoms with Gasteiger partial charge in [-0.15, -0.1) is 0 Å². The van der Waals surface area contributed by atoms with Crippen LogP contribution in [0.25, 0.3) is 0 Å². The van der Waals surface area contributed by atoms with Gasteiger partial charge in [-0.2, -0.15) is 0 Å². The highest BCUT2D eigenvalue weighted by Crippen LogP contribution is 2.20. The Morgan fingerprint density at radius 3 is 2.85 bits per heavy atom. The van der Waals surface area contributed by atoms with E-state index < -0.39 is 17.8 Å². The molecule has 106 valence electrons. The number of carbonyl (C=O) groups excluding carboxylic acids is 1. The monoisotopic (exact) mass is 278 g/mol. The van der Waals surface area contributed by atoms with Crippen LogP contribution in [0.2, 0.25) is 0 Å². The Morgan fingerprint density at radius 2 is 2.25 bits per heavy atom. The van der Waals surface area contributed by atoms with Crippen LogP contribution < -0.4 is 16.6 Å². The molecule has 1 aromatic heterocycles. The summed E-state index contributed by atoms with van der Waals surface area (Å²) in [6, 6.07) is 3.68. The first kappa shape index (κ1) is 14.0. The molecule has 0 bridgehead atoms. The minimum absolute atomic E-state index is 0.0548. The summed E-state index contributed by atoms with van der Waals surface area (Å²) in [7, 11) is 0. The molecule has 1 unspecified atom stereocenters. The third-order valence-electron chi connectivity index (χ3n) is 2.76. The summed E-state index contributed by atoms with van der Waals surface area (Å²) in [6.45, 7) is 3.48. The quantitative estimate of drug-likeness (QED) is 0.586. The van der Waals surface area contributed by atoms with Gasteiger partial charge in [0.2, 0.25) is 5.89 Å². The standard InChI is InChI=1S/C13H15FN4O2/c1-7-6-16-13(20-7)8(2)17-12(19)9-4-3-5-10(14)11(9)18-15/h3-6,8,18H,15H2,1-2H3,(H,17,19). The van der Waals surface area contributed by atoms with Gasteiger partial charge >= 0.3 is 0 Å². The number of nitrogens with two attached hydrogens (primary N) is 1. The molecule has 2 rings (SSSR count). The van der Waals surface area contributed by atoms with E-state index >= 15 is 0 Å². The molecule has 20 heavy (non-hydrogen) atoms. The van der Waals surface area contributed by atoms with E-state index in [1.807, 2.05) is 0 Å². The number of aromatic nitrogens is 1. The second-order valence-corrected chi connectivity index (χ2v) is 4.31. The highest BCUT2D eigenvalue weighted by molar-refractivity contribution is 5.99. The summed E-state index contributed by atoms with van der Waals surface area (Å²) in [5, 5.41) is 2.67. The first-order valence-corrected chi connectivity index (χ1v) is 6.01. The van der Waals surface area contributed by atoms with Crippen LogP contribution in [0, 0.1) is 12.7 Å². The summed E-state index contributed by atoms with van der Waals surface area (Å²) >= 11 is 0. The van der Waals surface area contributed by atoms with Crippen LogP contribution in [0.1, 0.15) is 35.0 Å². The van der Waals surface area contributed by atoms with Crippen molar-refractivity contribution in [2.45, 2.75) is 19.9 Å². The number of carbonyl (C=O) groups is 1. The van der Waals surface area contributed by atoms with E-state index in [1.165, 1.54) is 18.2 Å². The van der Waals surface area contributed by atoms with Crippen molar-refractivity contribution in [2.75, 3.05) is 5.43 Å². The number of oxazole rings is 1. The number of anilines is 1. The number of hydrazine groups is 1. The number of benzene rings is 1. The highest BCUT2D eigenvalue weighted by Gasteiger charge is 2.19. The number of hydrogen-bond donors (Lipinski definition) is 3. The topological polar surface area (TPSA) is 93.2 Å². The lowest BCUT2D eigenvalue weighted by Gasteiger charge is -2.13. The van der Waals surface area contributed by atoms with Crippen LogP contribution in [0.4, 0.5) is 10.1 Å². The first-order chi connectivity index (χ1) is 9.52. The minimum atomic E-state index is -0.597. The Kier molecular flexibility index (Phi) is 3.99. The van der Waals surface area contributed by atoms with E-state index in [0.717, 1.165) is 0 Å². The summed E-state index contributed by atoms with van der Waals surface area (Å²) in [5.41, 5.74) is 2.25. The number of nitrogens with one attached hydrogen (secondary N) is 2. The number of nitrogen functional groups attached to an aromatic ring is 1. The lowest BCUT2D eigenvalue weighted by molar-refractivity contribution is 0.0934. The number of rotatable bonds is 4. The van der Waals surface area contributed by atoms with E-state index in [9.17, 15) is 9.18 Å². The zero-order valence-corrected chi connectivity index (χ0v) is 11.1. The predicted molar refractivity (Wildman–Crippen MR) is 71.3 cm³/mol. The van der Waals surface area contributed by atoms with Crippen LogP contribution in [0.15, 0.2) is 28.8 Å². The molecule has 1 atom stereocenters. The molecule has 0 aliphatic carbocycles. The molecule has 1 heterocycles. The molecule has 4 N–H and O–H groups in total. The normalized spacial score (nSPS) is 12.0. The fraction of sp³-hybridized carbons (Fsp3) is 0.231. The molecule has 0 aliphatic rings. The second kappa shape index (κ2) is 5.70. The van der Waals surface area contributed by atoms with Gasteiger partial charge in [-0.1, -0.05) is 6.07 Å². The maximum atomic E-state index is 13.5. The van der Waals surface area contributed by atoms with Gasteiger partial charge in [0, 0.05) is 0 Å². The second-order valence-electron chi connectivity index (χ2n) is 4.31. The van der Waals surface area contributed by atoms with Gasteiger partial charge in [0.25, 0.3) is 5.91 Å². The van der Waals surface area contributed by atoms with Crippen molar-refractivity contribution in [1.82, 2.24) is 10.3 Å². The minimum Gasteiger partial charge on any atom is -0.444 e. The molecule has 0 radical (unpaired) electrons. The number of para-hydroxylation sites is 1. The van der Waals surface area contributed by atoms with E-state index in [1.54, 1.807) is 20.0 Å². The van der Waals surface area contributed by atoms with E-state index in [2.05, 4.69) is 15.7 Å². The van der Waals surface area contributed by atoms with Gasteiger partial charge in [-0.25, -0.2) is 9.37 Å². The van der Waals surface area contributed by atoms with Gasteiger partial charge in [0.05, 0.1) is 17.4 Å². The molecular formula is C13H15FN4O2. The van der Waals surface area contributed by atoms with Crippen LogP contribution >= 0.6 is 0 Å². The molecule has 1 amide bonds. The number of hydrogen-bond acceptors (Lipinski definition) is 5. The number of aryl methyl sites for hydroxylation is 1. The summed E-state index contributed by atoms with van der Waals surface area (Å²) in [5.74, 6) is 5.20. The Hall–Kier alpha value is -2.41. The zero-order valence-electron chi connectivity index (χ0n) is 11.1. The van der Waals surface area contributed by atoms with Crippen molar-refractivity contribution >= 4 is 11.6 Å². The SMILES string of the molecule is Cc1cnc(C(C)NC(=O)c2cccc(F)c2NN)o1. The maximum Gasteiger partial charge on any atom is 0.254 e. The fourth-order valence-corrected chi connectivity index (χ4v) is 1.77. The van der Waals surface area contributed by atoms with Crippen LogP contribution in [0.3, 0.4) is 0 Å². The Morgan fingerprint density at radius 1 is 1.50 bits per heavy atom. The van der Waals surface area contributed by atoms with E-state index in [4.69, 9.17) is 10.3 Å². The van der Waals surface area contributed by atoms with Crippen molar-refractivity contribution in [1.29, 1.82) is 0 Å². The molecular weight excluding hydrogens is 263 g/mol. The van der Waals surface area contributed by atoms with Gasteiger partial charge in [-0.05, 0) is 26.0 Å². The average molecular weight is 278 g/mol. The van der Waals surface area contributed by atoms with Crippen molar-refractivity contribution in [3.63, 3.8) is 0 Å². The molecule has 2 aromatic rings. The van der Waals surface area contributed by atoms with Gasteiger partial charge in [-0.3, -0.25) is 10.6 Å². The first-order valence-electron chi connectivity index (χ1n) is 6.01. The van der Waals surface area contributed by atoms with Gasteiger partial charge in [0.15, 0.2) is 0 Å². The molecule has 1 aromatic carbocycles. The molecule has 0 fully saturated rings. The predicted octanol–water partition coefficient (Wildman–Crippen LogP) is 1.90. The van der Waals surface area contributed by atoms with Crippen molar-refractivity contribution in [3.05, 3.63) is 47.4 Å². The fourth-order valence-electron chi connectivity index (χ4n) is 1.77. The zero-order chi connectivity index (χ0) is 14.7. The molecule has 0 saturated carbocycles. The lowest BCUT2D eigenvalue weighted by atomic mass is 10.1. The molecule has 6 nitrogen and oxygen atoms in total. The third kappa shape index (κ3) is 2.77. The smallest absolute Gasteiger partial charge is 0.254 e. The van der Waals surface area contributed by atoms with E-state index in [-0.39, 0.29) is 11.3 Å². The summed E-state index contributed by atoms with van der Waals surface area (Å²) in [6.07, 6.45) is 1.56. The third-order valence-corrected chi connectivity index (χ3v) is 2.76. The Labute approximate surface area is 115 Å². The Balaban J connectivity index is 2.18. The summed E-state index contributed by atoms with van der Waals surface area (Å²) < 4.78 is 18.8. The van der Waals surface area contributed by atoms with Crippen LogP contribution in [-0.4, -0.2) is 10.9 Å². The van der Waals surface area contributed by atoms with Crippen molar-refractivity contribution in [2.24, 2.45) is 5.84 Å². The van der Waals surface area contributed by atoms with Crippen LogP contribution in [-0.2, 0) is 0 Å². The molecule has 0 saturated heterocycles. The number of amides is 1. The summed E-state index contributed by atoms with van der Waals surface area (Å²) in [4.78, 5) is 16.2. The van der Waals surface area contributed by atoms with Gasteiger partial charge < -0.3 is 15.2 Å². The van der Waals surface area contributed by atoms with E-state index in [0.29, 0.717) is 11.7 Å². The van der Waals surface area contributed by atoms with Gasteiger partial charge in [0.1, 0.15) is 17.6 Å². The van der Waals surface area contributed by atoms with Crippen molar-refractivity contribution < 1.29 is 13.6 Å². The average Bonchev–Trinajstić information content (AvgIpc) is 2.85. The maximum absolute atomic E-state index is 13.5. The largest absolute Gasteiger partial charge is 0.444 e. The lowest BCUT2D eigenvalue weighted by Crippen LogP contribution is -2.28. The Bertz CT molecular complexity index is 627. The number of halogens is 1. The molecule has 0 spiro atoms. The van der Waals surface area contributed by atoms with Crippen LogP contribution in [0.5, 0.6) is 0 Å².